The Morgan fingerprint density at radius 2 is 2.12 bits per heavy atom. The highest BCUT2D eigenvalue weighted by molar-refractivity contribution is 5.86. The predicted molar refractivity (Wildman–Crippen MR) is 65.1 cm³/mol. The fourth-order valence-corrected chi connectivity index (χ4v) is 2.84. The van der Waals surface area contributed by atoms with E-state index in [2.05, 4.69) is 0 Å². The van der Waals surface area contributed by atoms with Gasteiger partial charge in [0.05, 0.1) is 0 Å². The Kier molecular flexibility index (Phi) is 3.69. The SMILES string of the molecule is CCC(C(N)=O)N1CC(CC2CC2)CCC1=O. The van der Waals surface area contributed by atoms with Crippen LogP contribution >= 0.6 is 0 Å². The molecule has 2 atom stereocenters. The Bertz CT molecular complexity index is 313. The van der Waals surface area contributed by atoms with E-state index in [-0.39, 0.29) is 11.8 Å². The number of nitrogens with zero attached hydrogens (tertiary/aromatic N) is 1. The summed E-state index contributed by atoms with van der Waals surface area (Å²) in [6.45, 7) is 2.64. The van der Waals surface area contributed by atoms with Crippen LogP contribution in [0, 0.1) is 11.8 Å². The smallest absolute Gasteiger partial charge is 0.240 e. The summed E-state index contributed by atoms with van der Waals surface area (Å²) < 4.78 is 0. The highest BCUT2D eigenvalue weighted by atomic mass is 16.2. The van der Waals surface area contributed by atoms with Crippen LogP contribution in [0.25, 0.3) is 0 Å². The molecule has 0 radical (unpaired) electrons. The van der Waals surface area contributed by atoms with Gasteiger partial charge in [-0.1, -0.05) is 19.8 Å². The van der Waals surface area contributed by atoms with Gasteiger partial charge >= 0.3 is 0 Å². The number of hydrogen-bond donors (Lipinski definition) is 1. The van der Waals surface area contributed by atoms with Gasteiger partial charge in [-0.05, 0) is 31.1 Å². The van der Waals surface area contributed by atoms with Gasteiger partial charge < -0.3 is 10.6 Å². The van der Waals surface area contributed by atoms with Crippen molar-refractivity contribution >= 4 is 11.8 Å². The van der Waals surface area contributed by atoms with E-state index in [4.69, 9.17) is 5.73 Å². The van der Waals surface area contributed by atoms with Crippen molar-refractivity contribution < 1.29 is 9.59 Å². The maximum absolute atomic E-state index is 11.9. The second-order valence-corrected chi connectivity index (χ2v) is 5.46. The lowest BCUT2D eigenvalue weighted by Crippen LogP contribution is -2.51. The van der Waals surface area contributed by atoms with Crippen LogP contribution in [0.5, 0.6) is 0 Å². The quantitative estimate of drug-likeness (QED) is 0.784. The molecule has 0 aromatic carbocycles. The summed E-state index contributed by atoms with van der Waals surface area (Å²) >= 11 is 0. The molecule has 1 aliphatic carbocycles. The van der Waals surface area contributed by atoms with Gasteiger partial charge in [0.15, 0.2) is 0 Å². The first-order valence-electron chi connectivity index (χ1n) is 6.70. The summed E-state index contributed by atoms with van der Waals surface area (Å²) in [5, 5.41) is 0. The van der Waals surface area contributed by atoms with E-state index in [1.807, 2.05) is 6.92 Å². The van der Waals surface area contributed by atoms with E-state index in [9.17, 15) is 9.59 Å². The Hall–Kier alpha value is -1.06. The first-order chi connectivity index (χ1) is 8.11. The van der Waals surface area contributed by atoms with Crippen molar-refractivity contribution in [2.75, 3.05) is 6.54 Å². The fraction of sp³-hybridized carbons (Fsp3) is 0.846. The van der Waals surface area contributed by atoms with Crippen molar-refractivity contribution in [3.8, 4) is 0 Å². The number of nitrogens with two attached hydrogens (primary N) is 1. The van der Waals surface area contributed by atoms with E-state index >= 15 is 0 Å². The van der Waals surface area contributed by atoms with Crippen molar-refractivity contribution in [2.45, 2.75) is 51.5 Å². The van der Waals surface area contributed by atoms with Crippen LogP contribution in [0.15, 0.2) is 0 Å². The number of carbonyl (C=O) groups is 2. The number of primary amides is 1. The molecule has 2 fully saturated rings. The second-order valence-electron chi connectivity index (χ2n) is 5.46. The molecular weight excluding hydrogens is 216 g/mol. The van der Waals surface area contributed by atoms with Gasteiger partial charge in [0.1, 0.15) is 6.04 Å². The molecule has 2 rings (SSSR count). The van der Waals surface area contributed by atoms with E-state index in [1.165, 1.54) is 19.3 Å². The molecule has 1 saturated heterocycles. The Morgan fingerprint density at radius 3 is 2.65 bits per heavy atom. The van der Waals surface area contributed by atoms with Gasteiger partial charge in [0.2, 0.25) is 11.8 Å². The molecule has 1 aliphatic heterocycles. The third kappa shape index (κ3) is 2.99. The van der Waals surface area contributed by atoms with Crippen LogP contribution in [0.2, 0.25) is 0 Å². The van der Waals surface area contributed by atoms with E-state index in [0.29, 0.717) is 18.8 Å². The molecule has 96 valence electrons. The molecule has 4 nitrogen and oxygen atoms in total. The number of amides is 2. The minimum absolute atomic E-state index is 0.0997. The lowest BCUT2D eigenvalue weighted by atomic mass is 9.91. The standard InChI is InChI=1S/C13H22N2O2/c1-2-11(13(14)17)15-8-10(5-6-12(15)16)7-9-3-4-9/h9-11H,2-8H2,1H3,(H2,14,17). The third-order valence-electron chi connectivity index (χ3n) is 4.00. The normalized spacial score (nSPS) is 27.0. The number of carbonyl (C=O) groups excluding carboxylic acids is 2. The summed E-state index contributed by atoms with van der Waals surface area (Å²) in [6, 6.07) is -0.399. The summed E-state index contributed by atoms with van der Waals surface area (Å²) in [5.74, 6) is 1.19. The molecule has 2 amide bonds. The van der Waals surface area contributed by atoms with Crippen molar-refractivity contribution in [3.63, 3.8) is 0 Å². The number of likely N-dealkylation sites (tertiary alicyclic amines) is 1. The van der Waals surface area contributed by atoms with Crippen molar-refractivity contribution in [1.29, 1.82) is 0 Å². The van der Waals surface area contributed by atoms with Crippen LogP contribution in [0.1, 0.15) is 45.4 Å². The Labute approximate surface area is 103 Å². The van der Waals surface area contributed by atoms with Crippen molar-refractivity contribution in [1.82, 2.24) is 4.90 Å². The first kappa shape index (κ1) is 12.4. The largest absolute Gasteiger partial charge is 0.368 e. The van der Waals surface area contributed by atoms with E-state index in [0.717, 1.165) is 18.9 Å². The zero-order valence-electron chi connectivity index (χ0n) is 10.5. The molecule has 0 spiro atoms. The molecule has 0 aromatic heterocycles. The Balaban J connectivity index is 1.97. The summed E-state index contributed by atoms with van der Waals surface area (Å²) in [6.07, 6.45) is 6.10. The Morgan fingerprint density at radius 1 is 1.41 bits per heavy atom. The third-order valence-corrected chi connectivity index (χ3v) is 4.00. The first-order valence-corrected chi connectivity index (χ1v) is 6.70. The van der Waals surface area contributed by atoms with Crippen molar-refractivity contribution in [3.05, 3.63) is 0 Å². The summed E-state index contributed by atoms with van der Waals surface area (Å²) in [5.41, 5.74) is 5.37. The molecule has 4 heteroatoms. The topological polar surface area (TPSA) is 63.4 Å². The molecule has 0 bridgehead atoms. The van der Waals surface area contributed by atoms with Gasteiger partial charge in [0, 0.05) is 13.0 Å². The van der Waals surface area contributed by atoms with E-state index < -0.39 is 6.04 Å². The van der Waals surface area contributed by atoms with Crippen molar-refractivity contribution in [2.24, 2.45) is 17.6 Å². The number of hydrogen-bond acceptors (Lipinski definition) is 2. The minimum atomic E-state index is -0.399. The molecule has 1 saturated carbocycles. The average Bonchev–Trinajstić information content (AvgIpc) is 3.07. The van der Waals surface area contributed by atoms with Crippen LogP contribution in [-0.2, 0) is 9.59 Å². The van der Waals surface area contributed by atoms with Crippen LogP contribution in [0.3, 0.4) is 0 Å². The minimum Gasteiger partial charge on any atom is -0.368 e. The van der Waals surface area contributed by atoms with E-state index in [1.54, 1.807) is 4.90 Å². The monoisotopic (exact) mass is 238 g/mol. The second kappa shape index (κ2) is 5.07. The van der Waals surface area contributed by atoms with Crippen LogP contribution < -0.4 is 5.73 Å². The van der Waals surface area contributed by atoms with Gasteiger partial charge in [-0.3, -0.25) is 9.59 Å². The highest BCUT2D eigenvalue weighted by Crippen LogP contribution is 2.38. The summed E-state index contributed by atoms with van der Waals surface area (Å²) in [4.78, 5) is 24.9. The number of rotatable bonds is 5. The molecule has 2 aliphatic rings. The summed E-state index contributed by atoms with van der Waals surface area (Å²) in [7, 11) is 0. The van der Waals surface area contributed by atoms with Gasteiger partial charge in [-0.15, -0.1) is 0 Å². The zero-order chi connectivity index (χ0) is 12.4. The van der Waals surface area contributed by atoms with Crippen LogP contribution in [0.4, 0.5) is 0 Å². The fourth-order valence-electron chi connectivity index (χ4n) is 2.84. The van der Waals surface area contributed by atoms with Crippen LogP contribution in [-0.4, -0.2) is 29.3 Å². The number of piperidine rings is 1. The lowest BCUT2D eigenvalue weighted by Gasteiger charge is -2.36. The lowest BCUT2D eigenvalue weighted by molar-refractivity contribution is -0.143. The molecule has 2 N–H and O–H groups in total. The van der Waals surface area contributed by atoms with Gasteiger partial charge in [0.25, 0.3) is 0 Å². The molecule has 0 aromatic rings. The molecule has 17 heavy (non-hydrogen) atoms. The van der Waals surface area contributed by atoms with Gasteiger partial charge in [-0.2, -0.15) is 0 Å². The maximum atomic E-state index is 11.9. The predicted octanol–water partition coefficient (Wildman–Crippen LogP) is 1.29. The molecular formula is C13H22N2O2. The highest BCUT2D eigenvalue weighted by Gasteiger charge is 2.35. The molecule has 2 unspecified atom stereocenters. The average molecular weight is 238 g/mol. The maximum Gasteiger partial charge on any atom is 0.240 e. The zero-order valence-corrected chi connectivity index (χ0v) is 10.5. The molecule has 1 heterocycles. The van der Waals surface area contributed by atoms with Gasteiger partial charge in [-0.25, -0.2) is 0 Å².